The Bertz CT molecular complexity index is 882. The molecule has 2 aromatic rings. The van der Waals surface area contributed by atoms with Crippen molar-refractivity contribution in [2.24, 2.45) is 11.5 Å². The van der Waals surface area contributed by atoms with Crippen LogP contribution >= 0.6 is 11.3 Å². The third kappa shape index (κ3) is 3.56. The van der Waals surface area contributed by atoms with Gasteiger partial charge < -0.3 is 15.9 Å². The van der Waals surface area contributed by atoms with Crippen LogP contribution in [0.4, 0.5) is 9.80 Å². The van der Waals surface area contributed by atoms with Crippen LogP contribution in [0.3, 0.4) is 0 Å². The van der Waals surface area contributed by atoms with Gasteiger partial charge in [-0.25, -0.2) is 9.78 Å². The Hall–Kier alpha value is -2.28. The van der Waals surface area contributed by atoms with Gasteiger partial charge in [0.25, 0.3) is 0 Å². The molecule has 2 heterocycles. The molecule has 124 valence electrons. The number of hydrogen-bond donors (Lipinski definition) is 4. The van der Waals surface area contributed by atoms with Crippen LogP contribution in [0.5, 0.6) is 0 Å². The first-order chi connectivity index (χ1) is 10.6. The molecule has 0 saturated heterocycles. The van der Waals surface area contributed by atoms with Crippen molar-refractivity contribution in [1.29, 1.82) is 0 Å². The summed E-state index contributed by atoms with van der Waals surface area (Å²) >= 11 is 0.480. The summed E-state index contributed by atoms with van der Waals surface area (Å²) in [5, 5.41) is 2.12. The maximum atomic E-state index is 11.4. The number of nitrogens with one attached hydrogen (secondary N) is 1. The van der Waals surface area contributed by atoms with Crippen LogP contribution in [-0.4, -0.2) is 29.8 Å². The molecule has 6 N–H and O–H groups in total. The number of amides is 2. The second-order valence-corrected chi connectivity index (χ2v) is 6.94. The van der Waals surface area contributed by atoms with Crippen molar-refractivity contribution >= 4 is 38.3 Å². The zero-order valence-electron chi connectivity index (χ0n) is 11.7. The normalized spacial score (nSPS) is 11.4. The Morgan fingerprint density at radius 1 is 1.48 bits per heavy atom. The highest BCUT2D eigenvalue weighted by atomic mass is 32.3. The quantitative estimate of drug-likeness (QED) is 0.446. The molecule has 2 aromatic heterocycles. The van der Waals surface area contributed by atoms with Gasteiger partial charge in [-0.05, 0) is 6.07 Å². The predicted molar refractivity (Wildman–Crippen MR) is 80.7 cm³/mol. The first kappa shape index (κ1) is 17.1. The second kappa shape index (κ2) is 6.08. The number of hydrogen-bond acceptors (Lipinski definition) is 8. The van der Waals surface area contributed by atoms with E-state index in [9.17, 15) is 18.0 Å². The lowest BCUT2D eigenvalue weighted by atomic mass is 10.2. The Labute approximate surface area is 134 Å². The largest absolute Gasteiger partial charge is 0.451 e. The molecule has 0 aliphatic carbocycles. The topological polar surface area (TPSA) is 179 Å². The summed E-state index contributed by atoms with van der Waals surface area (Å²) < 4.78 is 36.2. The molecular formula is C11H12N4O6S2. The van der Waals surface area contributed by atoms with Crippen molar-refractivity contribution in [1.82, 2.24) is 4.98 Å². The number of carbonyl (C=O) groups is 2. The van der Waals surface area contributed by atoms with Crippen LogP contribution in [0.1, 0.15) is 23.0 Å². The van der Waals surface area contributed by atoms with Gasteiger partial charge in [-0.3, -0.25) is 14.7 Å². The van der Waals surface area contributed by atoms with Gasteiger partial charge in [0.2, 0.25) is 4.34 Å². The molecule has 23 heavy (non-hydrogen) atoms. The highest BCUT2D eigenvalue weighted by molar-refractivity contribution is 7.88. The third-order valence-corrected chi connectivity index (χ3v) is 4.84. The van der Waals surface area contributed by atoms with Crippen LogP contribution in [0.15, 0.2) is 14.8 Å². The first-order valence-electron chi connectivity index (χ1n) is 6.02. The molecule has 0 atom stereocenters. The Balaban J connectivity index is 2.68. The van der Waals surface area contributed by atoms with E-state index in [-0.39, 0.29) is 34.5 Å². The SMILES string of the molecule is CC(=O)c1cc(CN)c(-c2nc(S(=O)(=O)O)sc2NC(N)=O)o1. The van der Waals surface area contributed by atoms with Crippen molar-refractivity contribution in [2.45, 2.75) is 17.8 Å². The van der Waals surface area contributed by atoms with Crippen LogP contribution in [0, 0.1) is 0 Å². The second-order valence-electron chi connectivity index (χ2n) is 4.35. The minimum Gasteiger partial charge on any atom is -0.451 e. The van der Waals surface area contributed by atoms with Gasteiger partial charge in [-0.1, -0.05) is 11.3 Å². The van der Waals surface area contributed by atoms with E-state index in [0.29, 0.717) is 16.9 Å². The van der Waals surface area contributed by atoms with Gasteiger partial charge in [0.15, 0.2) is 17.3 Å². The highest BCUT2D eigenvalue weighted by Gasteiger charge is 2.26. The summed E-state index contributed by atoms with van der Waals surface area (Å²) in [4.78, 5) is 26.2. The first-order valence-corrected chi connectivity index (χ1v) is 8.28. The summed E-state index contributed by atoms with van der Waals surface area (Å²) in [6.07, 6.45) is 0. The Morgan fingerprint density at radius 3 is 2.61 bits per heavy atom. The number of urea groups is 1. The molecule has 0 spiro atoms. The van der Waals surface area contributed by atoms with E-state index in [1.165, 1.54) is 13.0 Å². The van der Waals surface area contributed by atoms with Crippen molar-refractivity contribution in [3.8, 4) is 11.5 Å². The number of nitrogens with zero attached hydrogens (tertiary/aromatic N) is 1. The van der Waals surface area contributed by atoms with E-state index in [0.717, 1.165) is 0 Å². The number of rotatable bonds is 5. The maximum absolute atomic E-state index is 11.4. The fourth-order valence-electron chi connectivity index (χ4n) is 1.72. The van der Waals surface area contributed by atoms with E-state index in [4.69, 9.17) is 20.4 Å². The molecule has 0 aliphatic heterocycles. The summed E-state index contributed by atoms with van der Waals surface area (Å²) in [7, 11) is -4.60. The highest BCUT2D eigenvalue weighted by Crippen LogP contribution is 2.38. The average molecular weight is 360 g/mol. The summed E-state index contributed by atoms with van der Waals surface area (Å²) in [5.74, 6) is -0.375. The van der Waals surface area contributed by atoms with Crippen molar-refractivity contribution in [2.75, 3.05) is 5.32 Å². The van der Waals surface area contributed by atoms with E-state index in [2.05, 4.69) is 10.3 Å². The number of Topliss-reactive ketones (excluding diaryl/α,β-unsaturated/α-hetero) is 1. The summed E-state index contributed by atoms with van der Waals surface area (Å²) in [6.45, 7) is 1.25. The van der Waals surface area contributed by atoms with Crippen LogP contribution < -0.4 is 16.8 Å². The van der Waals surface area contributed by atoms with Crippen LogP contribution in [0.2, 0.25) is 0 Å². The van der Waals surface area contributed by atoms with Gasteiger partial charge in [0.05, 0.1) is 0 Å². The monoisotopic (exact) mass is 360 g/mol. The van der Waals surface area contributed by atoms with Crippen LogP contribution in [-0.2, 0) is 16.7 Å². The smallest absolute Gasteiger partial charge is 0.322 e. The van der Waals surface area contributed by atoms with Gasteiger partial charge in [0.1, 0.15) is 10.7 Å². The average Bonchev–Trinajstić information content (AvgIpc) is 3.00. The number of aromatic nitrogens is 1. The fraction of sp³-hybridized carbons (Fsp3) is 0.182. The number of furan rings is 1. The molecule has 0 saturated carbocycles. The Kier molecular flexibility index (Phi) is 4.51. The molecule has 10 nitrogen and oxygen atoms in total. The summed E-state index contributed by atoms with van der Waals surface area (Å²) in [6, 6.07) is 0.419. The molecule has 0 fully saturated rings. The van der Waals surface area contributed by atoms with Gasteiger partial charge >= 0.3 is 16.1 Å². The molecular weight excluding hydrogens is 348 g/mol. The van der Waals surface area contributed by atoms with Crippen molar-refractivity contribution in [3.63, 3.8) is 0 Å². The Morgan fingerprint density at radius 2 is 2.13 bits per heavy atom. The number of nitrogens with two attached hydrogens (primary N) is 2. The lowest BCUT2D eigenvalue weighted by Gasteiger charge is -2.01. The van der Waals surface area contributed by atoms with Crippen LogP contribution in [0.25, 0.3) is 11.5 Å². The maximum Gasteiger partial charge on any atom is 0.322 e. The third-order valence-electron chi connectivity index (χ3n) is 2.66. The summed E-state index contributed by atoms with van der Waals surface area (Å²) in [5.41, 5.74) is 10.9. The number of anilines is 1. The zero-order valence-corrected chi connectivity index (χ0v) is 13.3. The molecule has 0 bridgehead atoms. The predicted octanol–water partition coefficient (Wildman–Crippen LogP) is 0.802. The molecule has 0 aromatic carbocycles. The molecule has 0 unspecified atom stereocenters. The minimum atomic E-state index is -4.60. The van der Waals surface area contributed by atoms with E-state index in [1.54, 1.807) is 0 Å². The fourth-order valence-corrected chi connectivity index (χ4v) is 3.29. The molecule has 2 rings (SSSR count). The van der Waals surface area contributed by atoms with Gasteiger partial charge in [-0.15, -0.1) is 0 Å². The molecule has 0 aliphatic rings. The van der Waals surface area contributed by atoms with E-state index >= 15 is 0 Å². The lowest BCUT2D eigenvalue weighted by molar-refractivity contribution is 0.0988. The van der Waals surface area contributed by atoms with Crippen molar-refractivity contribution < 1.29 is 27.0 Å². The minimum absolute atomic E-state index is 0.00704. The van der Waals surface area contributed by atoms with Crippen molar-refractivity contribution in [3.05, 3.63) is 17.4 Å². The van der Waals surface area contributed by atoms with Gasteiger partial charge in [-0.2, -0.15) is 8.42 Å². The standard InChI is InChI=1S/C11H12N4O6S2/c1-4(16)6-2-5(3-12)8(21-6)7-9(15-10(13)17)22-11(14-7)23(18,19)20/h2H,3,12H2,1H3,(H3,13,15,17)(H,18,19,20). The number of ketones is 1. The number of carbonyl (C=O) groups excluding carboxylic acids is 2. The zero-order chi connectivity index (χ0) is 17.4. The lowest BCUT2D eigenvalue weighted by Crippen LogP contribution is -2.19. The van der Waals surface area contributed by atoms with E-state index in [1.807, 2.05) is 0 Å². The number of thiazole rings is 1. The number of primary amides is 1. The van der Waals surface area contributed by atoms with E-state index < -0.39 is 20.5 Å². The molecule has 2 amide bonds. The molecule has 0 radical (unpaired) electrons. The van der Waals surface area contributed by atoms with Gasteiger partial charge in [0, 0.05) is 19.0 Å². The molecule has 12 heteroatoms.